The third-order valence-electron chi connectivity index (χ3n) is 3.76. The first-order valence-corrected chi connectivity index (χ1v) is 7.25. The standard InChI is InChI=1S/C17H24N2O/c1-5-18-16(17(2,3)4)12-19-11-10-15(20)13-8-6-7-9-14(13)19/h6-11,16,18H,5,12H2,1-4H3. The number of rotatable bonds is 4. The molecule has 3 nitrogen and oxygen atoms in total. The summed E-state index contributed by atoms with van der Waals surface area (Å²) in [4.78, 5) is 11.9. The summed E-state index contributed by atoms with van der Waals surface area (Å²) in [7, 11) is 0. The minimum atomic E-state index is 0.0904. The van der Waals surface area contributed by atoms with E-state index in [-0.39, 0.29) is 10.8 Å². The van der Waals surface area contributed by atoms with Crippen LogP contribution >= 0.6 is 0 Å². The molecule has 2 rings (SSSR count). The van der Waals surface area contributed by atoms with Crippen molar-refractivity contribution in [2.45, 2.75) is 40.3 Å². The van der Waals surface area contributed by atoms with Gasteiger partial charge in [0.15, 0.2) is 5.43 Å². The summed E-state index contributed by atoms with van der Waals surface area (Å²) in [6.45, 7) is 10.7. The van der Waals surface area contributed by atoms with Gasteiger partial charge in [-0.25, -0.2) is 0 Å². The molecule has 0 saturated heterocycles. The fourth-order valence-electron chi connectivity index (χ4n) is 2.51. The van der Waals surface area contributed by atoms with E-state index in [9.17, 15) is 4.79 Å². The van der Waals surface area contributed by atoms with Gasteiger partial charge in [0.1, 0.15) is 0 Å². The van der Waals surface area contributed by atoms with E-state index in [1.165, 1.54) is 0 Å². The maximum Gasteiger partial charge on any atom is 0.189 e. The minimum Gasteiger partial charge on any atom is -0.346 e. The Hall–Kier alpha value is -1.61. The van der Waals surface area contributed by atoms with E-state index in [1.807, 2.05) is 30.5 Å². The van der Waals surface area contributed by atoms with Gasteiger partial charge < -0.3 is 9.88 Å². The van der Waals surface area contributed by atoms with E-state index in [0.29, 0.717) is 6.04 Å². The van der Waals surface area contributed by atoms with Crippen molar-refractivity contribution >= 4 is 10.9 Å². The van der Waals surface area contributed by atoms with Crippen molar-refractivity contribution in [2.75, 3.05) is 6.54 Å². The molecular formula is C17H24N2O. The molecule has 0 saturated carbocycles. The Morgan fingerprint density at radius 2 is 1.90 bits per heavy atom. The first-order chi connectivity index (χ1) is 9.43. The van der Waals surface area contributed by atoms with Crippen LogP contribution in [0.3, 0.4) is 0 Å². The maximum absolute atomic E-state index is 11.9. The van der Waals surface area contributed by atoms with Crippen molar-refractivity contribution < 1.29 is 0 Å². The van der Waals surface area contributed by atoms with Crippen LogP contribution < -0.4 is 10.7 Å². The fraction of sp³-hybridized carbons (Fsp3) is 0.471. The van der Waals surface area contributed by atoms with E-state index in [4.69, 9.17) is 0 Å². The van der Waals surface area contributed by atoms with E-state index in [2.05, 4.69) is 37.6 Å². The Balaban J connectivity index is 2.43. The van der Waals surface area contributed by atoms with Crippen LogP contribution in [0.1, 0.15) is 27.7 Å². The summed E-state index contributed by atoms with van der Waals surface area (Å²) in [6, 6.07) is 9.83. The Morgan fingerprint density at radius 3 is 2.55 bits per heavy atom. The number of para-hydroxylation sites is 1. The first-order valence-electron chi connectivity index (χ1n) is 7.25. The van der Waals surface area contributed by atoms with Crippen LogP contribution in [0, 0.1) is 5.41 Å². The lowest BCUT2D eigenvalue weighted by atomic mass is 9.86. The van der Waals surface area contributed by atoms with Crippen molar-refractivity contribution in [1.82, 2.24) is 9.88 Å². The molecule has 0 aliphatic carbocycles. The molecule has 0 spiro atoms. The number of pyridine rings is 1. The van der Waals surface area contributed by atoms with Gasteiger partial charge in [0.25, 0.3) is 0 Å². The summed E-state index contributed by atoms with van der Waals surface area (Å²) in [6.07, 6.45) is 1.90. The first kappa shape index (κ1) is 14.8. The predicted molar refractivity (Wildman–Crippen MR) is 85.1 cm³/mol. The van der Waals surface area contributed by atoms with E-state index >= 15 is 0 Å². The second-order valence-electron chi connectivity index (χ2n) is 6.33. The van der Waals surface area contributed by atoms with Crippen molar-refractivity contribution in [3.63, 3.8) is 0 Å². The summed E-state index contributed by atoms with van der Waals surface area (Å²) in [5.74, 6) is 0. The normalized spacial score (nSPS) is 13.6. The summed E-state index contributed by atoms with van der Waals surface area (Å²) < 4.78 is 2.18. The molecule has 0 aliphatic heterocycles. The van der Waals surface area contributed by atoms with Crippen LogP contribution in [0.25, 0.3) is 10.9 Å². The lowest BCUT2D eigenvalue weighted by Gasteiger charge is -2.32. The number of nitrogens with zero attached hydrogens (tertiary/aromatic N) is 1. The smallest absolute Gasteiger partial charge is 0.189 e. The van der Waals surface area contributed by atoms with Gasteiger partial charge in [0.2, 0.25) is 0 Å². The molecule has 3 heteroatoms. The quantitative estimate of drug-likeness (QED) is 0.928. The van der Waals surface area contributed by atoms with Crippen LogP contribution in [0.5, 0.6) is 0 Å². The zero-order valence-corrected chi connectivity index (χ0v) is 12.8. The van der Waals surface area contributed by atoms with Crippen LogP contribution in [-0.4, -0.2) is 17.2 Å². The summed E-state index contributed by atoms with van der Waals surface area (Å²) in [5, 5.41) is 4.34. The molecule has 0 radical (unpaired) electrons. The number of benzene rings is 1. The molecule has 1 unspecified atom stereocenters. The number of nitrogens with one attached hydrogen (secondary N) is 1. The zero-order valence-electron chi connectivity index (χ0n) is 12.8. The highest BCUT2D eigenvalue weighted by molar-refractivity contribution is 5.78. The highest BCUT2D eigenvalue weighted by Crippen LogP contribution is 2.22. The molecular weight excluding hydrogens is 248 g/mol. The lowest BCUT2D eigenvalue weighted by molar-refractivity contribution is 0.247. The van der Waals surface area contributed by atoms with Gasteiger partial charge in [-0.15, -0.1) is 0 Å². The van der Waals surface area contributed by atoms with Gasteiger partial charge >= 0.3 is 0 Å². The average Bonchev–Trinajstić information content (AvgIpc) is 2.40. The van der Waals surface area contributed by atoms with Crippen molar-refractivity contribution in [1.29, 1.82) is 0 Å². The minimum absolute atomic E-state index is 0.0904. The molecule has 1 heterocycles. The summed E-state index contributed by atoms with van der Waals surface area (Å²) in [5.41, 5.74) is 1.26. The number of hydrogen-bond donors (Lipinski definition) is 1. The average molecular weight is 272 g/mol. The molecule has 1 N–H and O–H groups in total. The molecule has 2 aromatic rings. The molecule has 1 atom stereocenters. The van der Waals surface area contributed by atoms with Crippen LogP contribution in [0.15, 0.2) is 41.3 Å². The predicted octanol–water partition coefficient (Wildman–Crippen LogP) is 3.03. The Bertz CT molecular complexity index is 637. The topological polar surface area (TPSA) is 34.0 Å². The lowest BCUT2D eigenvalue weighted by Crippen LogP contribution is -2.43. The number of aromatic nitrogens is 1. The third-order valence-corrected chi connectivity index (χ3v) is 3.76. The molecule has 0 aliphatic rings. The number of hydrogen-bond acceptors (Lipinski definition) is 2. The van der Waals surface area contributed by atoms with Crippen molar-refractivity contribution in [2.24, 2.45) is 5.41 Å². The van der Waals surface area contributed by atoms with Gasteiger partial charge in [-0.05, 0) is 24.1 Å². The SMILES string of the molecule is CCNC(Cn1ccc(=O)c2ccccc21)C(C)(C)C. The molecule has 20 heavy (non-hydrogen) atoms. The molecule has 0 bridgehead atoms. The maximum atomic E-state index is 11.9. The molecule has 0 fully saturated rings. The van der Waals surface area contributed by atoms with Crippen LogP contribution in [-0.2, 0) is 6.54 Å². The molecule has 1 aromatic carbocycles. The zero-order chi connectivity index (χ0) is 14.8. The Morgan fingerprint density at radius 1 is 1.20 bits per heavy atom. The Labute approximate surface area is 120 Å². The summed E-state index contributed by atoms with van der Waals surface area (Å²) >= 11 is 0. The number of likely N-dealkylation sites (N-methyl/N-ethyl adjacent to an activating group) is 1. The van der Waals surface area contributed by atoms with Gasteiger partial charge in [0, 0.05) is 30.2 Å². The van der Waals surface area contributed by atoms with E-state index < -0.39 is 0 Å². The van der Waals surface area contributed by atoms with Gasteiger partial charge in [-0.1, -0.05) is 39.8 Å². The largest absolute Gasteiger partial charge is 0.346 e. The van der Waals surface area contributed by atoms with Crippen molar-refractivity contribution in [3.8, 4) is 0 Å². The Kier molecular flexibility index (Phi) is 4.29. The van der Waals surface area contributed by atoms with E-state index in [1.54, 1.807) is 6.07 Å². The van der Waals surface area contributed by atoms with Gasteiger partial charge in [-0.2, -0.15) is 0 Å². The second kappa shape index (κ2) is 5.80. The third kappa shape index (κ3) is 3.10. The van der Waals surface area contributed by atoms with E-state index in [0.717, 1.165) is 24.0 Å². The van der Waals surface area contributed by atoms with Crippen LogP contribution in [0.2, 0.25) is 0 Å². The van der Waals surface area contributed by atoms with Crippen LogP contribution in [0.4, 0.5) is 0 Å². The molecule has 1 aromatic heterocycles. The fourth-order valence-corrected chi connectivity index (χ4v) is 2.51. The van der Waals surface area contributed by atoms with Gasteiger partial charge in [-0.3, -0.25) is 4.79 Å². The highest BCUT2D eigenvalue weighted by Gasteiger charge is 2.24. The van der Waals surface area contributed by atoms with Crippen molar-refractivity contribution in [3.05, 3.63) is 46.8 Å². The molecule has 0 amide bonds. The molecule has 108 valence electrons. The highest BCUT2D eigenvalue weighted by atomic mass is 16.1. The number of fused-ring (bicyclic) bond motifs is 1. The second-order valence-corrected chi connectivity index (χ2v) is 6.33. The monoisotopic (exact) mass is 272 g/mol. The van der Waals surface area contributed by atoms with Gasteiger partial charge in [0.05, 0.1) is 5.52 Å².